The van der Waals surface area contributed by atoms with Gasteiger partial charge >= 0.3 is 5.97 Å². The number of benzene rings is 2. The highest BCUT2D eigenvalue weighted by atomic mass is 16.5. The van der Waals surface area contributed by atoms with E-state index >= 15 is 0 Å². The molecule has 1 aliphatic carbocycles. The predicted octanol–water partition coefficient (Wildman–Crippen LogP) is 4.28. The molecule has 6 rings (SSSR count). The number of nitrogens with one attached hydrogen (secondary N) is 1. The second-order valence-electron chi connectivity index (χ2n) is 12.3. The van der Waals surface area contributed by atoms with E-state index in [1.165, 1.54) is 0 Å². The molecule has 10 nitrogen and oxygen atoms in total. The van der Waals surface area contributed by atoms with Crippen molar-refractivity contribution in [3.63, 3.8) is 0 Å². The van der Waals surface area contributed by atoms with Crippen LogP contribution in [0.5, 0.6) is 11.5 Å². The Bertz CT molecular complexity index is 1610. The van der Waals surface area contributed by atoms with Crippen LogP contribution in [0.1, 0.15) is 39.0 Å². The number of piperidine rings is 1. The van der Waals surface area contributed by atoms with E-state index in [9.17, 15) is 19.5 Å². The van der Waals surface area contributed by atoms with Crippen LogP contribution in [0.4, 0.5) is 0 Å². The lowest BCUT2D eigenvalue weighted by Crippen LogP contribution is -2.56. The fraction of sp³-hybridized carbons (Fsp3) is 0.429. The van der Waals surface area contributed by atoms with Gasteiger partial charge in [-0.15, -0.1) is 6.58 Å². The number of aliphatic carboxylic acids is 1. The molecular formula is C35H40N4O6. The SMILES string of the molecule is C=CC1CC1(NC(=O)[C@@H]1C[C@@H](Oc2cc(-c3ccccc3)nc3cc(OC)ccc23)CN1C(=O)C(C)N1CCCCC1)C(=O)O. The van der Waals surface area contributed by atoms with Gasteiger partial charge in [-0.05, 0) is 51.4 Å². The Morgan fingerprint density at radius 1 is 1.11 bits per heavy atom. The minimum absolute atomic E-state index is 0.155. The second kappa shape index (κ2) is 12.5. The molecular weight excluding hydrogens is 572 g/mol. The minimum Gasteiger partial charge on any atom is -0.497 e. The summed E-state index contributed by atoms with van der Waals surface area (Å²) >= 11 is 0. The largest absolute Gasteiger partial charge is 0.497 e. The quantitative estimate of drug-likeness (QED) is 0.326. The highest BCUT2D eigenvalue weighted by Gasteiger charge is 2.61. The van der Waals surface area contributed by atoms with Crippen molar-refractivity contribution in [1.82, 2.24) is 20.1 Å². The van der Waals surface area contributed by atoms with Crippen molar-refractivity contribution in [2.75, 3.05) is 26.7 Å². The van der Waals surface area contributed by atoms with Crippen molar-refractivity contribution in [3.8, 4) is 22.8 Å². The predicted molar refractivity (Wildman–Crippen MR) is 170 cm³/mol. The molecule has 3 fully saturated rings. The maximum atomic E-state index is 14.0. The van der Waals surface area contributed by atoms with E-state index in [1.54, 1.807) is 18.1 Å². The van der Waals surface area contributed by atoms with Crippen LogP contribution in [0, 0.1) is 5.92 Å². The lowest BCUT2D eigenvalue weighted by atomic mass is 10.1. The average Bonchev–Trinajstić information content (AvgIpc) is 3.64. The highest BCUT2D eigenvalue weighted by Crippen LogP contribution is 2.45. The maximum absolute atomic E-state index is 14.0. The molecule has 3 heterocycles. The van der Waals surface area contributed by atoms with Gasteiger partial charge in [0.2, 0.25) is 11.8 Å². The molecule has 3 unspecified atom stereocenters. The van der Waals surface area contributed by atoms with Gasteiger partial charge in [-0.1, -0.05) is 42.8 Å². The molecule has 0 spiro atoms. The number of nitrogens with zero attached hydrogens (tertiary/aromatic N) is 3. The number of carbonyl (C=O) groups is 3. The van der Waals surface area contributed by atoms with Gasteiger partial charge in [-0.25, -0.2) is 9.78 Å². The number of rotatable bonds is 10. The number of likely N-dealkylation sites (tertiary alicyclic amines) is 2. The molecule has 2 aliphatic heterocycles. The van der Waals surface area contributed by atoms with Crippen molar-refractivity contribution < 1.29 is 29.0 Å². The Morgan fingerprint density at radius 3 is 2.53 bits per heavy atom. The van der Waals surface area contributed by atoms with Gasteiger partial charge in [0, 0.05) is 35.4 Å². The highest BCUT2D eigenvalue weighted by molar-refractivity contribution is 5.95. The second-order valence-corrected chi connectivity index (χ2v) is 12.3. The fourth-order valence-electron chi connectivity index (χ4n) is 6.73. The molecule has 2 N–H and O–H groups in total. The lowest BCUT2D eigenvalue weighted by Gasteiger charge is -2.35. The summed E-state index contributed by atoms with van der Waals surface area (Å²) < 4.78 is 12.1. The average molecular weight is 613 g/mol. The van der Waals surface area contributed by atoms with E-state index < -0.39 is 35.6 Å². The third kappa shape index (κ3) is 5.99. The fourth-order valence-corrected chi connectivity index (χ4v) is 6.73. The Morgan fingerprint density at radius 2 is 1.87 bits per heavy atom. The third-order valence-electron chi connectivity index (χ3n) is 9.51. The summed E-state index contributed by atoms with van der Waals surface area (Å²) in [5.41, 5.74) is 0.939. The molecule has 5 atom stereocenters. The van der Waals surface area contributed by atoms with Gasteiger partial charge in [0.25, 0.3) is 0 Å². The number of fused-ring (bicyclic) bond motifs is 1. The topological polar surface area (TPSA) is 121 Å². The summed E-state index contributed by atoms with van der Waals surface area (Å²) in [5, 5.41) is 13.5. The lowest BCUT2D eigenvalue weighted by molar-refractivity contribution is -0.146. The van der Waals surface area contributed by atoms with E-state index in [0.29, 0.717) is 17.0 Å². The van der Waals surface area contributed by atoms with Crippen LogP contribution < -0.4 is 14.8 Å². The van der Waals surface area contributed by atoms with E-state index in [2.05, 4.69) is 16.8 Å². The van der Waals surface area contributed by atoms with Crippen LogP contribution >= 0.6 is 0 Å². The molecule has 3 aromatic rings. The smallest absolute Gasteiger partial charge is 0.330 e. The van der Waals surface area contributed by atoms with Gasteiger partial charge in [-0.3, -0.25) is 14.5 Å². The summed E-state index contributed by atoms with van der Waals surface area (Å²) in [6.07, 6.45) is 4.74. The van der Waals surface area contributed by atoms with E-state index in [4.69, 9.17) is 14.5 Å². The number of amides is 2. The number of ether oxygens (including phenoxy) is 2. The van der Waals surface area contributed by atoms with Crippen LogP contribution in [-0.4, -0.2) is 88.1 Å². The van der Waals surface area contributed by atoms with Crippen molar-refractivity contribution >= 4 is 28.7 Å². The number of hydrogen-bond donors (Lipinski definition) is 2. The van der Waals surface area contributed by atoms with Crippen molar-refractivity contribution in [2.24, 2.45) is 5.92 Å². The zero-order valence-corrected chi connectivity index (χ0v) is 25.8. The first kappa shape index (κ1) is 30.6. The Balaban J connectivity index is 1.31. The Kier molecular flexibility index (Phi) is 8.50. The molecule has 10 heteroatoms. The molecule has 2 aromatic carbocycles. The first-order valence-electron chi connectivity index (χ1n) is 15.7. The van der Waals surface area contributed by atoms with Gasteiger partial charge < -0.3 is 24.8 Å². The summed E-state index contributed by atoms with van der Waals surface area (Å²) in [6.45, 7) is 7.47. The first-order valence-corrected chi connectivity index (χ1v) is 15.7. The number of carbonyl (C=O) groups excluding carboxylic acids is 2. The summed E-state index contributed by atoms with van der Waals surface area (Å²) in [4.78, 5) is 48.6. The van der Waals surface area contributed by atoms with Crippen molar-refractivity contribution in [2.45, 2.75) is 62.8 Å². The molecule has 0 bridgehead atoms. The summed E-state index contributed by atoms with van der Waals surface area (Å²) in [6, 6.07) is 16.0. The minimum atomic E-state index is -1.39. The first-order chi connectivity index (χ1) is 21.7. The molecule has 45 heavy (non-hydrogen) atoms. The van der Waals surface area contributed by atoms with Crippen LogP contribution in [0.3, 0.4) is 0 Å². The molecule has 2 amide bonds. The van der Waals surface area contributed by atoms with Gasteiger partial charge in [0.05, 0.1) is 30.9 Å². The number of carboxylic acid groups (broad SMARTS) is 1. The van der Waals surface area contributed by atoms with Crippen LogP contribution in [0.2, 0.25) is 0 Å². The zero-order chi connectivity index (χ0) is 31.7. The van der Waals surface area contributed by atoms with Crippen molar-refractivity contribution in [1.29, 1.82) is 0 Å². The Hall–Kier alpha value is -4.44. The molecule has 1 saturated carbocycles. The molecule has 1 aromatic heterocycles. The number of hydrogen-bond acceptors (Lipinski definition) is 7. The molecule has 0 radical (unpaired) electrons. The number of aromatic nitrogens is 1. The normalized spacial score (nSPS) is 25.4. The molecule has 236 valence electrons. The van der Waals surface area contributed by atoms with E-state index in [-0.39, 0.29) is 31.2 Å². The Labute approximate surface area is 263 Å². The monoisotopic (exact) mass is 612 g/mol. The van der Waals surface area contributed by atoms with Crippen LogP contribution in [-0.2, 0) is 14.4 Å². The van der Waals surface area contributed by atoms with Gasteiger partial charge in [0.1, 0.15) is 29.2 Å². The zero-order valence-electron chi connectivity index (χ0n) is 25.8. The standard InChI is InChI=1S/C35H40N4O6/c1-4-24-20-35(24,34(42)43)37-32(40)30-18-26(21-39(30)33(41)22(2)38-15-9-6-10-16-38)45-31-19-28(23-11-7-5-8-12-23)36-29-17-25(44-3)13-14-27(29)31/h4-5,7-8,11-14,17,19,22,24,26,30H,1,6,9-10,15-16,18,20-21H2,2-3H3,(H,37,40)(H,42,43)/t22?,24?,26-,30+,35?/m1/s1. The number of pyridine rings is 1. The molecule has 3 aliphatic rings. The van der Waals surface area contributed by atoms with Crippen LogP contribution in [0.15, 0.2) is 67.3 Å². The van der Waals surface area contributed by atoms with E-state index in [1.807, 2.05) is 61.5 Å². The van der Waals surface area contributed by atoms with E-state index in [0.717, 1.165) is 49.0 Å². The molecule has 2 saturated heterocycles. The van der Waals surface area contributed by atoms with Gasteiger partial charge in [-0.2, -0.15) is 0 Å². The third-order valence-corrected chi connectivity index (χ3v) is 9.51. The van der Waals surface area contributed by atoms with Crippen LogP contribution in [0.25, 0.3) is 22.2 Å². The van der Waals surface area contributed by atoms with Gasteiger partial charge in [0.15, 0.2) is 0 Å². The number of carboxylic acids is 1. The maximum Gasteiger partial charge on any atom is 0.330 e. The summed E-state index contributed by atoms with van der Waals surface area (Å²) in [7, 11) is 1.60. The number of methoxy groups -OCH3 is 1. The summed E-state index contributed by atoms with van der Waals surface area (Å²) in [5.74, 6) is -0.852. The van der Waals surface area contributed by atoms with Crippen molar-refractivity contribution in [3.05, 3.63) is 67.3 Å².